The molecule has 0 aliphatic heterocycles. The van der Waals surface area contributed by atoms with Crippen molar-refractivity contribution < 1.29 is 18.6 Å². The minimum absolute atomic E-state index is 0.0770. The molecule has 3 rings (SSSR count). The third-order valence-electron chi connectivity index (χ3n) is 4.02. The highest BCUT2D eigenvalue weighted by Crippen LogP contribution is 2.37. The summed E-state index contributed by atoms with van der Waals surface area (Å²) in [6.45, 7) is 4.70. The molecule has 0 saturated carbocycles. The van der Waals surface area contributed by atoms with Crippen molar-refractivity contribution in [2.24, 2.45) is 0 Å². The monoisotopic (exact) mass is 331 g/mol. The van der Waals surface area contributed by atoms with Crippen LogP contribution in [0.15, 0.2) is 30.3 Å². The van der Waals surface area contributed by atoms with Gasteiger partial charge in [-0.25, -0.2) is 13.8 Å². The number of aryl methyl sites for hydroxylation is 2. The number of fused-ring (bicyclic) bond motifs is 1. The molecule has 24 heavy (non-hydrogen) atoms. The SMILES string of the molecule is Cc1nc2c(cc1Oc1cccc(F)c1C(C)(C)O)CCC=C2F. The molecule has 2 aromatic rings. The van der Waals surface area contributed by atoms with Crippen LogP contribution in [0.3, 0.4) is 0 Å². The lowest BCUT2D eigenvalue weighted by atomic mass is 9.96. The number of hydrogen-bond acceptors (Lipinski definition) is 3. The summed E-state index contributed by atoms with van der Waals surface area (Å²) in [5.74, 6) is -0.217. The molecule has 0 unspecified atom stereocenters. The number of rotatable bonds is 3. The third-order valence-corrected chi connectivity index (χ3v) is 4.02. The van der Waals surface area contributed by atoms with Gasteiger partial charge in [-0.1, -0.05) is 6.07 Å². The molecule has 1 aliphatic carbocycles. The van der Waals surface area contributed by atoms with Gasteiger partial charge in [0.2, 0.25) is 0 Å². The molecule has 1 aromatic heterocycles. The summed E-state index contributed by atoms with van der Waals surface area (Å²) in [4.78, 5) is 4.28. The van der Waals surface area contributed by atoms with Crippen LogP contribution in [0.5, 0.6) is 11.5 Å². The van der Waals surface area contributed by atoms with Crippen molar-refractivity contribution in [3.8, 4) is 11.5 Å². The van der Waals surface area contributed by atoms with Gasteiger partial charge in [-0.2, -0.15) is 0 Å². The minimum Gasteiger partial charge on any atom is -0.455 e. The van der Waals surface area contributed by atoms with Crippen molar-refractivity contribution in [1.82, 2.24) is 4.98 Å². The molecule has 0 bridgehead atoms. The smallest absolute Gasteiger partial charge is 0.148 e. The maximum Gasteiger partial charge on any atom is 0.148 e. The van der Waals surface area contributed by atoms with Gasteiger partial charge in [-0.3, -0.25) is 0 Å². The van der Waals surface area contributed by atoms with Gasteiger partial charge in [0.1, 0.15) is 28.8 Å². The van der Waals surface area contributed by atoms with Gasteiger partial charge in [0, 0.05) is 0 Å². The molecule has 1 aliphatic rings. The molecule has 1 heterocycles. The zero-order valence-electron chi connectivity index (χ0n) is 13.9. The Morgan fingerprint density at radius 2 is 1.96 bits per heavy atom. The number of allylic oxidation sites excluding steroid dienone is 1. The lowest BCUT2D eigenvalue weighted by molar-refractivity contribution is 0.0720. The summed E-state index contributed by atoms with van der Waals surface area (Å²) in [5, 5.41) is 10.2. The topological polar surface area (TPSA) is 42.4 Å². The Labute approximate surface area is 139 Å². The van der Waals surface area contributed by atoms with Gasteiger partial charge in [0.25, 0.3) is 0 Å². The van der Waals surface area contributed by atoms with Crippen LogP contribution in [0, 0.1) is 12.7 Å². The average Bonchev–Trinajstić information content (AvgIpc) is 2.48. The molecular formula is C19H19F2NO2. The molecule has 0 saturated heterocycles. The molecular weight excluding hydrogens is 312 g/mol. The van der Waals surface area contributed by atoms with Gasteiger partial charge in [-0.05, 0) is 63.5 Å². The van der Waals surface area contributed by atoms with E-state index in [9.17, 15) is 13.9 Å². The van der Waals surface area contributed by atoms with Crippen LogP contribution >= 0.6 is 0 Å². The van der Waals surface area contributed by atoms with Gasteiger partial charge in [0.15, 0.2) is 0 Å². The fraction of sp³-hybridized carbons (Fsp3) is 0.316. The first kappa shape index (κ1) is 16.6. The van der Waals surface area contributed by atoms with E-state index in [0.717, 1.165) is 5.56 Å². The van der Waals surface area contributed by atoms with Crippen LogP contribution in [0.1, 0.15) is 42.8 Å². The first-order valence-electron chi connectivity index (χ1n) is 7.83. The van der Waals surface area contributed by atoms with E-state index < -0.39 is 11.4 Å². The van der Waals surface area contributed by atoms with Crippen LogP contribution < -0.4 is 4.74 Å². The molecule has 0 radical (unpaired) electrons. The maximum absolute atomic E-state index is 14.2. The zero-order valence-corrected chi connectivity index (χ0v) is 13.9. The Hall–Kier alpha value is -2.27. The Kier molecular flexibility index (Phi) is 4.13. The van der Waals surface area contributed by atoms with Crippen molar-refractivity contribution in [3.05, 3.63) is 58.7 Å². The molecule has 0 fully saturated rings. The predicted molar refractivity (Wildman–Crippen MR) is 88.1 cm³/mol. The summed E-state index contributed by atoms with van der Waals surface area (Å²) in [6, 6.07) is 6.13. The number of nitrogens with zero attached hydrogens (tertiary/aromatic N) is 1. The first-order chi connectivity index (χ1) is 11.3. The van der Waals surface area contributed by atoms with E-state index >= 15 is 0 Å². The second-order valence-corrected chi connectivity index (χ2v) is 6.44. The van der Waals surface area contributed by atoms with Crippen molar-refractivity contribution in [2.45, 2.75) is 39.2 Å². The van der Waals surface area contributed by atoms with Crippen molar-refractivity contribution >= 4 is 5.83 Å². The van der Waals surface area contributed by atoms with Crippen molar-refractivity contribution in [1.29, 1.82) is 0 Å². The van der Waals surface area contributed by atoms with Gasteiger partial charge in [-0.15, -0.1) is 0 Å². The first-order valence-corrected chi connectivity index (χ1v) is 7.83. The zero-order chi connectivity index (χ0) is 17.5. The predicted octanol–water partition coefficient (Wildman–Crippen LogP) is 4.81. The Bertz CT molecular complexity index is 823. The Morgan fingerprint density at radius 3 is 2.67 bits per heavy atom. The van der Waals surface area contributed by atoms with Crippen LogP contribution in [-0.2, 0) is 12.0 Å². The van der Waals surface area contributed by atoms with Crippen molar-refractivity contribution in [2.75, 3.05) is 0 Å². The molecule has 5 heteroatoms. The normalized spacial score (nSPS) is 14.2. The molecule has 0 amide bonds. The molecule has 1 aromatic carbocycles. The second-order valence-electron chi connectivity index (χ2n) is 6.44. The minimum atomic E-state index is -1.40. The highest BCUT2D eigenvalue weighted by Gasteiger charge is 2.26. The Morgan fingerprint density at radius 1 is 1.21 bits per heavy atom. The molecule has 1 N–H and O–H groups in total. The Balaban J connectivity index is 2.05. The lowest BCUT2D eigenvalue weighted by Crippen LogP contribution is -2.19. The number of ether oxygens (including phenoxy) is 1. The largest absolute Gasteiger partial charge is 0.455 e. The second kappa shape index (κ2) is 5.98. The van der Waals surface area contributed by atoms with Crippen LogP contribution in [-0.4, -0.2) is 10.1 Å². The molecule has 0 spiro atoms. The maximum atomic E-state index is 14.2. The summed E-state index contributed by atoms with van der Waals surface area (Å²) in [6.07, 6.45) is 2.81. The number of aromatic nitrogens is 1. The molecule has 3 nitrogen and oxygen atoms in total. The third kappa shape index (κ3) is 3.04. The average molecular weight is 331 g/mol. The van der Waals surface area contributed by atoms with Crippen molar-refractivity contribution in [3.63, 3.8) is 0 Å². The van der Waals surface area contributed by atoms with E-state index in [2.05, 4.69) is 4.98 Å². The summed E-state index contributed by atoms with van der Waals surface area (Å²) in [5.41, 5.74) is 0.286. The number of benzene rings is 1. The van der Waals surface area contributed by atoms with Crippen LogP contribution in [0.2, 0.25) is 0 Å². The summed E-state index contributed by atoms with van der Waals surface area (Å²) < 4.78 is 33.9. The van der Waals surface area contributed by atoms with E-state index in [-0.39, 0.29) is 17.1 Å². The van der Waals surface area contributed by atoms with E-state index in [1.165, 1.54) is 32.1 Å². The lowest BCUT2D eigenvalue weighted by Gasteiger charge is -2.23. The van der Waals surface area contributed by atoms with Gasteiger partial charge in [0.05, 0.1) is 16.9 Å². The molecule has 126 valence electrons. The van der Waals surface area contributed by atoms with E-state index in [4.69, 9.17) is 4.74 Å². The standard InChI is InChI=1S/C19H19F2NO2/c1-11-16(10-12-6-4-8-14(21)18(12)22-11)24-15-9-5-7-13(20)17(15)19(2,3)23/h5,7-10,23H,4,6H2,1-3H3. The van der Waals surface area contributed by atoms with Crippen LogP contribution in [0.4, 0.5) is 8.78 Å². The summed E-state index contributed by atoms with van der Waals surface area (Å²) >= 11 is 0. The highest BCUT2D eigenvalue weighted by atomic mass is 19.1. The number of hydrogen-bond donors (Lipinski definition) is 1. The fourth-order valence-electron chi connectivity index (χ4n) is 2.88. The van der Waals surface area contributed by atoms with E-state index in [1.54, 1.807) is 19.1 Å². The van der Waals surface area contributed by atoms with Gasteiger partial charge >= 0.3 is 0 Å². The number of halogens is 2. The number of pyridine rings is 1. The number of aliphatic hydroxyl groups is 1. The quantitative estimate of drug-likeness (QED) is 0.878. The van der Waals surface area contributed by atoms with E-state index in [0.29, 0.717) is 30.0 Å². The van der Waals surface area contributed by atoms with Gasteiger partial charge < -0.3 is 9.84 Å². The molecule has 0 atom stereocenters. The highest BCUT2D eigenvalue weighted by molar-refractivity contribution is 5.62. The summed E-state index contributed by atoms with van der Waals surface area (Å²) in [7, 11) is 0. The van der Waals surface area contributed by atoms with E-state index in [1.807, 2.05) is 0 Å². The fourth-order valence-corrected chi connectivity index (χ4v) is 2.88. The van der Waals surface area contributed by atoms with Crippen LogP contribution in [0.25, 0.3) is 5.83 Å².